The Morgan fingerprint density at radius 2 is 2.00 bits per heavy atom. The number of rotatable bonds is 2. The first-order valence-corrected chi connectivity index (χ1v) is 6.10. The van der Waals surface area contributed by atoms with E-state index in [1.165, 1.54) is 6.08 Å². The average Bonchev–Trinajstić information content (AvgIpc) is 2.89. The van der Waals surface area contributed by atoms with Gasteiger partial charge in [-0.1, -0.05) is 38.0 Å². The van der Waals surface area contributed by atoms with E-state index in [1.807, 2.05) is 32.0 Å². The van der Waals surface area contributed by atoms with Crippen molar-refractivity contribution < 1.29 is 14.3 Å². The van der Waals surface area contributed by atoms with E-state index < -0.39 is 23.1 Å². The summed E-state index contributed by atoms with van der Waals surface area (Å²) in [5.74, 6) is 2.88. The Balaban J connectivity index is 2.10. The molecule has 1 aromatic carbocycles. The van der Waals surface area contributed by atoms with Gasteiger partial charge in [-0.25, -0.2) is 0 Å². The molecule has 0 saturated heterocycles. The second-order valence-corrected chi connectivity index (χ2v) is 5.29. The van der Waals surface area contributed by atoms with Crippen LogP contribution in [0.2, 0.25) is 0 Å². The van der Waals surface area contributed by atoms with Crippen molar-refractivity contribution in [1.29, 1.82) is 0 Å². The molecule has 1 fully saturated rings. The van der Waals surface area contributed by atoms with Crippen molar-refractivity contribution in [1.82, 2.24) is 0 Å². The molecule has 1 aromatic rings. The highest BCUT2D eigenvalue weighted by Gasteiger charge is 2.61. The number of benzene rings is 1. The average molecular weight is 258 g/mol. The van der Waals surface area contributed by atoms with Crippen LogP contribution in [0.1, 0.15) is 19.4 Å². The zero-order valence-electron chi connectivity index (χ0n) is 10.9. The lowest BCUT2D eigenvalue weighted by Crippen LogP contribution is -2.02. The topological polar surface area (TPSA) is 37.3 Å². The molecule has 2 nitrogen and oxygen atoms in total. The molecule has 0 aliphatic heterocycles. The van der Waals surface area contributed by atoms with Crippen LogP contribution >= 0.6 is 0 Å². The zero-order chi connectivity index (χ0) is 14.0. The summed E-state index contributed by atoms with van der Waals surface area (Å²) in [5, 5.41) is 8.99. The highest BCUT2D eigenvalue weighted by atomic mass is 19.1. The van der Waals surface area contributed by atoms with Gasteiger partial charge >= 0.3 is 5.97 Å². The molecule has 0 radical (unpaired) electrons. The summed E-state index contributed by atoms with van der Waals surface area (Å²) in [4.78, 5) is 11.0. The molecular formula is C16H15FO2. The molecule has 1 aliphatic rings. The molecular weight excluding hydrogens is 243 g/mol. The number of carbonyl (C=O) groups is 1. The normalized spacial score (nSPS) is 24.3. The Bertz CT molecular complexity index is 576. The second kappa shape index (κ2) is 4.89. The first-order chi connectivity index (χ1) is 8.93. The minimum absolute atomic E-state index is 0.282. The van der Waals surface area contributed by atoms with Gasteiger partial charge in [0.15, 0.2) is 5.83 Å². The maximum atomic E-state index is 13.7. The highest BCUT2D eigenvalue weighted by Crippen LogP contribution is 2.59. The third kappa shape index (κ3) is 2.85. The van der Waals surface area contributed by atoms with Crippen LogP contribution < -0.4 is 0 Å². The molecule has 1 N–H and O–H groups in total. The molecule has 0 bridgehead atoms. The number of halogens is 1. The maximum absolute atomic E-state index is 13.7. The third-order valence-corrected chi connectivity index (χ3v) is 3.60. The maximum Gasteiger partial charge on any atom is 0.307 e. The van der Waals surface area contributed by atoms with Crippen LogP contribution in [0, 0.1) is 29.1 Å². The number of allylic oxidation sites excluding steroid dienone is 2. The fourth-order valence-electron chi connectivity index (χ4n) is 2.31. The van der Waals surface area contributed by atoms with E-state index in [4.69, 9.17) is 5.11 Å². The van der Waals surface area contributed by atoms with Crippen LogP contribution in [0.5, 0.6) is 0 Å². The van der Waals surface area contributed by atoms with Crippen LogP contribution in [0.15, 0.2) is 42.2 Å². The van der Waals surface area contributed by atoms with Crippen LogP contribution in [0.3, 0.4) is 0 Å². The van der Waals surface area contributed by atoms with Gasteiger partial charge < -0.3 is 5.11 Å². The number of hydrogen-bond donors (Lipinski definition) is 1. The van der Waals surface area contributed by atoms with Crippen molar-refractivity contribution in [3.63, 3.8) is 0 Å². The van der Waals surface area contributed by atoms with Crippen molar-refractivity contribution in [3.8, 4) is 11.8 Å². The van der Waals surface area contributed by atoms with Gasteiger partial charge in [0.2, 0.25) is 0 Å². The van der Waals surface area contributed by atoms with Crippen molar-refractivity contribution in [2.75, 3.05) is 0 Å². The second-order valence-electron chi connectivity index (χ2n) is 5.29. The predicted octanol–water partition coefficient (Wildman–Crippen LogP) is 3.25. The van der Waals surface area contributed by atoms with E-state index in [0.29, 0.717) is 0 Å². The Labute approximate surface area is 112 Å². The van der Waals surface area contributed by atoms with Gasteiger partial charge in [0.1, 0.15) is 0 Å². The van der Waals surface area contributed by atoms with Gasteiger partial charge in [0, 0.05) is 11.5 Å². The van der Waals surface area contributed by atoms with Gasteiger partial charge in [0.25, 0.3) is 0 Å². The predicted molar refractivity (Wildman–Crippen MR) is 70.9 cm³/mol. The lowest BCUT2D eigenvalue weighted by atomic mass is 10.1. The zero-order valence-corrected chi connectivity index (χ0v) is 10.9. The van der Waals surface area contributed by atoms with Gasteiger partial charge in [-0.2, -0.15) is 4.39 Å². The van der Waals surface area contributed by atoms with Gasteiger partial charge in [0.05, 0.1) is 5.92 Å². The molecule has 1 saturated carbocycles. The monoisotopic (exact) mass is 258 g/mol. The molecule has 2 atom stereocenters. The molecule has 2 rings (SSSR count). The van der Waals surface area contributed by atoms with E-state index >= 15 is 0 Å². The van der Waals surface area contributed by atoms with Crippen molar-refractivity contribution >= 4 is 5.97 Å². The van der Waals surface area contributed by atoms with E-state index in [-0.39, 0.29) is 5.92 Å². The summed E-state index contributed by atoms with van der Waals surface area (Å²) >= 11 is 0. The molecule has 98 valence electrons. The number of carboxylic acid groups (broad SMARTS) is 1. The van der Waals surface area contributed by atoms with Gasteiger partial charge in [-0.15, -0.1) is 0 Å². The summed E-state index contributed by atoms with van der Waals surface area (Å²) in [7, 11) is 0. The third-order valence-electron chi connectivity index (χ3n) is 3.60. The van der Waals surface area contributed by atoms with Crippen molar-refractivity contribution in [3.05, 3.63) is 47.8 Å². The van der Waals surface area contributed by atoms with Crippen LogP contribution in [-0.2, 0) is 4.79 Å². The lowest BCUT2D eigenvalue weighted by molar-refractivity contribution is -0.139. The Kier molecular flexibility index (Phi) is 3.44. The van der Waals surface area contributed by atoms with Crippen molar-refractivity contribution in [2.45, 2.75) is 13.8 Å². The summed E-state index contributed by atoms with van der Waals surface area (Å²) in [6, 6.07) is 9.11. The minimum Gasteiger partial charge on any atom is -0.481 e. The molecule has 3 heteroatoms. The first kappa shape index (κ1) is 13.4. The lowest BCUT2D eigenvalue weighted by Gasteiger charge is -1.96. The molecule has 2 unspecified atom stereocenters. The summed E-state index contributed by atoms with van der Waals surface area (Å²) < 4.78 is 13.7. The van der Waals surface area contributed by atoms with Crippen molar-refractivity contribution in [2.24, 2.45) is 17.3 Å². The van der Waals surface area contributed by atoms with E-state index in [1.54, 1.807) is 12.1 Å². The van der Waals surface area contributed by atoms with Gasteiger partial charge in [-0.3, -0.25) is 4.79 Å². The smallest absolute Gasteiger partial charge is 0.307 e. The fraction of sp³-hybridized carbons (Fsp3) is 0.312. The molecule has 0 spiro atoms. The van der Waals surface area contributed by atoms with Gasteiger partial charge in [-0.05, 0) is 29.5 Å². The first-order valence-electron chi connectivity index (χ1n) is 6.10. The molecule has 0 amide bonds. The summed E-state index contributed by atoms with van der Waals surface area (Å²) in [6.07, 6.45) is 1.33. The Hall–Kier alpha value is -2.08. The summed E-state index contributed by atoms with van der Waals surface area (Å²) in [5.41, 5.74) is 0.341. The standard InChI is InChI=1S/C16H15FO2/c1-16(2)13(14(16)15(18)19)10-12(17)9-8-11-6-4-3-5-7-11/h3-7,10,13-14H,1-2H3,(H,18,19). The van der Waals surface area contributed by atoms with Crippen LogP contribution in [-0.4, -0.2) is 11.1 Å². The Morgan fingerprint density at radius 3 is 2.53 bits per heavy atom. The number of aliphatic carboxylic acids is 1. The molecule has 0 heterocycles. The number of hydrogen-bond acceptors (Lipinski definition) is 1. The Morgan fingerprint density at radius 1 is 1.37 bits per heavy atom. The summed E-state index contributed by atoms with van der Waals surface area (Å²) in [6.45, 7) is 3.65. The largest absolute Gasteiger partial charge is 0.481 e. The van der Waals surface area contributed by atoms with E-state index in [0.717, 1.165) is 5.56 Å². The number of carboxylic acids is 1. The van der Waals surface area contributed by atoms with E-state index in [9.17, 15) is 9.18 Å². The van der Waals surface area contributed by atoms with Crippen LogP contribution in [0.4, 0.5) is 4.39 Å². The quantitative estimate of drug-likeness (QED) is 0.827. The van der Waals surface area contributed by atoms with E-state index in [2.05, 4.69) is 11.8 Å². The SMILES string of the molecule is CC1(C)C(C=C(F)C#Cc2ccccc2)C1C(=O)O. The highest BCUT2D eigenvalue weighted by molar-refractivity contribution is 5.76. The fourth-order valence-corrected chi connectivity index (χ4v) is 2.31. The van der Waals surface area contributed by atoms with Crippen LogP contribution in [0.25, 0.3) is 0 Å². The molecule has 19 heavy (non-hydrogen) atoms. The molecule has 0 aromatic heterocycles. The minimum atomic E-state index is -0.880. The molecule has 1 aliphatic carbocycles.